The maximum atomic E-state index is 12.1. The fourth-order valence-electron chi connectivity index (χ4n) is 2.01. The Hall–Kier alpha value is -2.64. The van der Waals surface area contributed by atoms with Crippen molar-refractivity contribution in [2.75, 3.05) is 6.54 Å². The van der Waals surface area contributed by atoms with E-state index in [0.29, 0.717) is 24.4 Å². The SMILES string of the molecule is Cc1oc(C)c(C(=O)NCCn2cc(C(=O)O)nn2)c1C. The second-order valence-electron chi connectivity index (χ2n) is 4.64. The predicted molar refractivity (Wildman–Crippen MR) is 72.2 cm³/mol. The molecular formula is C13H16N4O4. The number of hydrogen-bond acceptors (Lipinski definition) is 5. The fraction of sp³-hybridized carbons (Fsp3) is 0.385. The van der Waals surface area contributed by atoms with Gasteiger partial charge in [0.05, 0.1) is 18.3 Å². The summed E-state index contributed by atoms with van der Waals surface area (Å²) in [5.74, 6) is -0.0534. The summed E-state index contributed by atoms with van der Waals surface area (Å²) in [5, 5.41) is 18.6. The quantitative estimate of drug-likeness (QED) is 0.848. The highest BCUT2D eigenvalue weighted by Gasteiger charge is 2.18. The van der Waals surface area contributed by atoms with Crippen LogP contribution in [0.3, 0.4) is 0 Å². The van der Waals surface area contributed by atoms with Crippen LogP contribution in [-0.2, 0) is 6.54 Å². The summed E-state index contributed by atoms with van der Waals surface area (Å²) in [6.45, 7) is 6.02. The Balaban J connectivity index is 1.93. The van der Waals surface area contributed by atoms with E-state index in [1.165, 1.54) is 10.9 Å². The zero-order chi connectivity index (χ0) is 15.6. The monoisotopic (exact) mass is 292 g/mol. The van der Waals surface area contributed by atoms with Gasteiger partial charge >= 0.3 is 5.97 Å². The maximum Gasteiger partial charge on any atom is 0.358 e. The van der Waals surface area contributed by atoms with E-state index in [2.05, 4.69) is 15.6 Å². The van der Waals surface area contributed by atoms with Gasteiger partial charge < -0.3 is 14.8 Å². The van der Waals surface area contributed by atoms with Gasteiger partial charge in [0.1, 0.15) is 11.5 Å². The number of carboxylic acid groups (broad SMARTS) is 1. The van der Waals surface area contributed by atoms with Crippen molar-refractivity contribution in [2.45, 2.75) is 27.3 Å². The molecular weight excluding hydrogens is 276 g/mol. The van der Waals surface area contributed by atoms with E-state index < -0.39 is 5.97 Å². The second kappa shape index (κ2) is 5.78. The molecule has 21 heavy (non-hydrogen) atoms. The van der Waals surface area contributed by atoms with Crippen LogP contribution in [0.2, 0.25) is 0 Å². The zero-order valence-corrected chi connectivity index (χ0v) is 12.0. The maximum absolute atomic E-state index is 12.1. The molecule has 2 aromatic heterocycles. The number of aromatic carboxylic acids is 1. The molecule has 2 aromatic rings. The summed E-state index contributed by atoms with van der Waals surface area (Å²) in [6, 6.07) is 0. The first kappa shape index (κ1) is 14.8. The number of nitrogens with one attached hydrogen (secondary N) is 1. The Morgan fingerprint density at radius 2 is 2.05 bits per heavy atom. The van der Waals surface area contributed by atoms with Crippen molar-refractivity contribution in [1.82, 2.24) is 20.3 Å². The largest absolute Gasteiger partial charge is 0.476 e. The lowest BCUT2D eigenvalue weighted by molar-refractivity contribution is 0.0690. The lowest BCUT2D eigenvalue weighted by atomic mass is 10.1. The van der Waals surface area contributed by atoms with E-state index in [0.717, 1.165) is 11.3 Å². The van der Waals surface area contributed by atoms with Crippen molar-refractivity contribution in [3.8, 4) is 0 Å². The molecule has 0 aromatic carbocycles. The minimum absolute atomic E-state index is 0.126. The molecule has 112 valence electrons. The molecule has 0 aliphatic carbocycles. The van der Waals surface area contributed by atoms with Crippen molar-refractivity contribution in [3.05, 3.63) is 34.5 Å². The van der Waals surface area contributed by atoms with Gasteiger partial charge in [-0.05, 0) is 20.8 Å². The lowest BCUT2D eigenvalue weighted by Gasteiger charge is -2.05. The highest BCUT2D eigenvalue weighted by Crippen LogP contribution is 2.20. The van der Waals surface area contributed by atoms with Crippen LogP contribution in [0.15, 0.2) is 10.6 Å². The van der Waals surface area contributed by atoms with Gasteiger partial charge in [0.15, 0.2) is 5.69 Å². The summed E-state index contributed by atoms with van der Waals surface area (Å²) >= 11 is 0. The van der Waals surface area contributed by atoms with Gasteiger partial charge in [-0.25, -0.2) is 9.48 Å². The van der Waals surface area contributed by atoms with Crippen molar-refractivity contribution in [3.63, 3.8) is 0 Å². The summed E-state index contributed by atoms with van der Waals surface area (Å²) in [7, 11) is 0. The van der Waals surface area contributed by atoms with Crippen molar-refractivity contribution in [1.29, 1.82) is 0 Å². The minimum atomic E-state index is -1.13. The third kappa shape index (κ3) is 3.10. The molecule has 0 saturated carbocycles. The predicted octanol–water partition coefficient (Wildman–Crippen LogP) is 0.925. The smallest absolute Gasteiger partial charge is 0.358 e. The molecule has 2 heterocycles. The van der Waals surface area contributed by atoms with Gasteiger partial charge in [0.2, 0.25) is 0 Å². The Morgan fingerprint density at radius 1 is 1.33 bits per heavy atom. The molecule has 1 amide bonds. The highest BCUT2D eigenvalue weighted by molar-refractivity contribution is 5.96. The average molecular weight is 292 g/mol. The number of carbonyl (C=O) groups is 2. The minimum Gasteiger partial charge on any atom is -0.476 e. The summed E-state index contributed by atoms with van der Waals surface area (Å²) in [6.07, 6.45) is 1.31. The van der Waals surface area contributed by atoms with Crippen molar-refractivity contribution in [2.24, 2.45) is 0 Å². The first-order valence-corrected chi connectivity index (χ1v) is 6.38. The topological polar surface area (TPSA) is 110 Å². The zero-order valence-electron chi connectivity index (χ0n) is 12.0. The standard InChI is InChI=1S/C13H16N4O4/c1-7-8(2)21-9(3)11(7)12(18)14-4-5-17-6-10(13(19)20)15-16-17/h6H,4-5H2,1-3H3,(H,14,18)(H,19,20). The first-order chi connectivity index (χ1) is 9.90. The molecule has 0 radical (unpaired) electrons. The molecule has 0 bridgehead atoms. The number of carbonyl (C=O) groups excluding carboxylic acids is 1. The van der Waals surface area contributed by atoms with E-state index in [1.54, 1.807) is 6.92 Å². The average Bonchev–Trinajstić information content (AvgIpc) is 2.96. The number of furan rings is 1. The number of aromatic nitrogens is 3. The van der Waals surface area contributed by atoms with Crippen LogP contribution >= 0.6 is 0 Å². The van der Waals surface area contributed by atoms with Crippen molar-refractivity contribution >= 4 is 11.9 Å². The molecule has 8 heteroatoms. The summed E-state index contributed by atoms with van der Waals surface area (Å²) in [5.41, 5.74) is 1.23. The summed E-state index contributed by atoms with van der Waals surface area (Å²) < 4.78 is 6.77. The molecule has 0 saturated heterocycles. The Bertz CT molecular complexity index is 686. The Labute approximate surface area is 120 Å². The second-order valence-corrected chi connectivity index (χ2v) is 4.64. The Kier molecular flexibility index (Phi) is 4.06. The van der Waals surface area contributed by atoms with Crippen LogP contribution in [0.4, 0.5) is 0 Å². The van der Waals surface area contributed by atoms with Gasteiger partial charge in [-0.15, -0.1) is 5.10 Å². The van der Waals surface area contributed by atoms with E-state index in [-0.39, 0.29) is 11.6 Å². The van der Waals surface area contributed by atoms with Gasteiger partial charge in [-0.2, -0.15) is 0 Å². The van der Waals surface area contributed by atoms with E-state index in [1.807, 2.05) is 13.8 Å². The molecule has 2 N–H and O–H groups in total. The van der Waals surface area contributed by atoms with Gasteiger partial charge in [0, 0.05) is 12.1 Å². The van der Waals surface area contributed by atoms with Crippen LogP contribution in [0, 0.1) is 20.8 Å². The van der Waals surface area contributed by atoms with E-state index in [4.69, 9.17) is 9.52 Å². The van der Waals surface area contributed by atoms with Gasteiger partial charge in [-0.1, -0.05) is 5.21 Å². The van der Waals surface area contributed by atoms with E-state index in [9.17, 15) is 9.59 Å². The highest BCUT2D eigenvalue weighted by atomic mass is 16.4. The summed E-state index contributed by atoms with van der Waals surface area (Å²) in [4.78, 5) is 22.8. The number of hydrogen-bond donors (Lipinski definition) is 2. The van der Waals surface area contributed by atoms with Crippen LogP contribution in [0.25, 0.3) is 0 Å². The molecule has 0 atom stereocenters. The molecule has 0 fully saturated rings. The molecule has 0 unspecified atom stereocenters. The number of aryl methyl sites for hydroxylation is 2. The lowest BCUT2D eigenvalue weighted by Crippen LogP contribution is -2.28. The number of amides is 1. The van der Waals surface area contributed by atoms with Crippen LogP contribution in [-0.4, -0.2) is 38.5 Å². The first-order valence-electron chi connectivity index (χ1n) is 6.38. The molecule has 0 spiro atoms. The normalized spacial score (nSPS) is 10.6. The van der Waals surface area contributed by atoms with E-state index >= 15 is 0 Å². The van der Waals surface area contributed by atoms with Crippen LogP contribution in [0.5, 0.6) is 0 Å². The molecule has 0 aliphatic rings. The fourth-order valence-corrected chi connectivity index (χ4v) is 2.01. The Morgan fingerprint density at radius 3 is 2.57 bits per heavy atom. The third-order valence-electron chi connectivity index (χ3n) is 3.17. The van der Waals surface area contributed by atoms with Crippen LogP contribution in [0.1, 0.15) is 37.9 Å². The molecule has 0 aliphatic heterocycles. The number of rotatable bonds is 5. The van der Waals surface area contributed by atoms with Crippen molar-refractivity contribution < 1.29 is 19.1 Å². The van der Waals surface area contributed by atoms with Crippen LogP contribution < -0.4 is 5.32 Å². The van der Waals surface area contributed by atoms with Gasteiger partial charge in [-0.3, -0.25) is 4.79 Å². The molecule has 8 nitrogen and oxygen atoms in total. The molecule has 2 rings (SSSR count). The van der Waals surface area contributed by atoms with Gasteiger partial charge in [0.25, 0.3) is 5.91 Å². The third-order valence-corrected chi connectivity index (χ3v) is 3.17. The number of nitrogens with zero attached hydrogens (tertiary/aromatic N) is 3. The number of carboxylic acids is 1.